The zero-order valence-electron chi connectivity index (χ0n) is 15.8. The first-order chi connectivity index (χ1) is 13.6. The number of H-pyrrole nitrogens is 1. The summed E-state index contributed by atoms with van der Waals surface area (Å²) in [6.07, 6.45) is 1.47. The number of carbonyl (C=O) groups excluding carboxylic acids is 1. The molecule has 4 rings (SSSR count). The fourth-order valence-corrected chi connectivity index (χ4v) is 3.85. The van der Waals surface area contributed by atoms with Crippen molar-refractivity contribution in [3.8, 4) is 5.75 Å². The molecule has 1 fully saturated rings. The van der Waals surface area contributed by atoms with Crippen LogP contribution in [-0.4, -0.2) is 37.8 Å². The van der Waals surface area contributed by atoms with Gasteiger partial charge in [-0.25, -0.2) is 4.39 Å². The normalized spacial score (nSPS) is 16.1. The van der Waals surface area contributed by atoms with Crippen LogP contribution in [-0.2, 0) is 10.2 Å². The topological polar surface area (TPSA) is 63.4 Å². The number of hydrogen-bond donors (Lipinski definition) is 2. The highest BCUT2D eigenvalue weighted by Gasteiger charge is 2.35. The average Bonchev–Trinajstić information content (AvgIpc) is 3.16. The molecule has 5 nitrogen and oxygen atoms in total. The zero-order valence-corrected chi connectivity index (χ0v) is 15.8. The van der Waals surface area contributed by atoms with Gasteiger partial charge >= 0.3 is 0 Å². The number of rotatable bonds is 5. The molecule has 6 heteroatoms. The number of nitrogens with one attached hydrogen (secondary N) is 2. The highest BCUT2D eigenvalue weighted by molar-refractivity contribution is 5.98. The highest BCUT2D eigenvalue weighted by Crippen LogP contribution is 2.34. The maximum absolute atomic E-state index is 13.8. The van der Waals surface area contributed by atoms with Gasteiger partial charge in [0.25, 0.3) is 5.91 Å². The van der Waals surface area contributed by atoms with Gasteiger partial charge in [0.1, 0.15) is 17.3 Å². The van der Waals surface area contributed by atoms with Gasteiger partial charge in [-0.2, -0.15) is 0 Å². The molecule has 3 aromatic rings. The maximum atomic E-state index is 13.8. The molecule has 2 aromatic carbocycles. The molecule has 2 N–H and O–H groups in total. The van der Waals surface area contributed by atoms with Crippen LogP contribution in [0.4, 0.5) is 4.39 Å². The first-order valence-electron chi connectivity index (χ1n) is 9.38. The second-order valence-corrected chi connectivity index (χ2v) is 7.22. The van der Waals surface area contributed by atoms with Gasteiger partial charge in [0.2, 0.25) is 0 Å². The minimum Gasteiger partial charge on any atom is -0.497 e. The lowest BCUT2D eigenvalue weighted by Gasteiger charge is -2.38. The predicted octanol–water partition coefficient (Wildman–Crippen LogP) is 3.79. The van der Waals surface area contributed by atoms with Crippen LogP contribution in [0.2, 0.25) is 0 Å². The smallest absolute Gasteiger partial charge is 0.267 e. The highest BCUT2D eigenvalue weighted by atomic mass is 19.1. The summed E-state index contributed by atoms with van der Waals surface area (Å²) < 4.78 is 24.5. The van der Waals surface area contributed by atoms with Crippen molar-refractivity contribution >= 4 is 16.8 Å². The van der Waals surface area contributed by atoms with Gasteiger partial charge in [0, 0.05) is 42.1 Å². The molecule has 0 saturated carbocycles. The van der Waals surface area contributed by atoms with E-state index in [0.29, 0.717) is 25.5 Å². The lowest BCUT2D eigenvalue weighted by Crippen LogP contribution is -2.44. The van der Waals surface area contributed by atoms with Crippen LogP contribution in [0.25, 0.3) is 10.9 Å². The van der Waals surface area contributed by atoms with Crippen LogP contribution in [0, 0.1) is 5.82 Å². The molecule has 1 aliphatic heterocycles. The second-order valence-electron chi connectivity index (χ2n) is 7.22. The molecular weight excluding hydrogens is 359 g/mol. The van der Waals surface area contributed by atoms with E-state index in [1.54, 1.807) is 19.2 Å². The fourth-order valence-electron chi connectivity index (χ4n) is 3.85. The van der Waals surface area contributed by atoms with E-state index in [4.69, 9.17) is 9.47 Å². The molecule has 1 aromatic heterocycles. The van der Waals surface area contributed by atoms with Crippen molar-refractivity contribution in [2.75, 3.05) is 26.9 Å². The first-order valence-corrected chi connectivity index (χ1v) is 9.38. The van der Waals surface area contributed by atoms with Crippen molar-refractivity contribution in [1.29, 1.82) is 0 Å². The van der Waals surface area contributed by atoms with Crippen molar-refractivity contribution in [2.24, 2.45) is 0 Å². The number of methoxy groups -OCH3 is 1. The van der Waals surface area contributed by atoms with E-state index in [0.717, 1.165) is 35.1 Å². The van der Waals surface area contributed by atoms with Gasteiger partial charge in [-0.3, -0.25) is 4.79 Å². The minimum atomic E-state index is -0.328. The largest absolute Gasteiger partial charge is 0.497 e. The summed E-state index contributed by atoms with van der Waals surface area (Å²) in [5.74, 6) is 0.283. The summed E-state index contributed by atoms with van der Waals surface area (Å²) in [7, 11) is 1.61. The Kier molecular flexibility index (Phi) is 5.05. The third kappa shape index (κ3) is 3.60. The summed E-state index contributed by atoms with van der Waals surface area (Å²) in [4.78, 5) is 15.9. The Morgan fingerprint density at radius 3 is 2.79 bits per heavy atom. The second kappa shape index (κ2) is 7.64. The third-order valence-corrected chi connectivity index (χ3v) is 5.55. The molecule has 0 radical (unpaired) electrons. The molecule has 0 spiro atoms. The summed E-state index contributed by atoms with van der Waals surface area (Å²) in [6, 6.07) is 14.1. The average molecular weight is 382 g/mol. The number of aromatic amines is 1. The van der Waals surface area contributed by atoms with Gasteiger partial charge < -0.3 is 19.8 Å². The van der Waals surface area contributed by atoms with Crippen LogP contribution >= 0.6 is 0 Å². The molecule has 1 amide bonds. The Balaban J connectivity index is 1.54. The predicted molar refractivity (Wildman–Crippen MR) is 105 cm³/mol. The van der Waals surface area contributed by atoms with Crippen molar-refractivity contribution in [3.05, 3.63) is 65.6 Å². The number of carbonyl (C=O) groups is 1. The van der Waals surface area contributed by atoms with E-state index in [2.05, 4.69) is 10.3 Å². The Morgan fingerprint density at radius 1 is 1.21 bits per heavy atom. The quantitative estimate of drug-likeness (QED) is 0.706. The van der Waals surface area contributed by atoms with E-state index in [9.17, 15) is 9.18 Å². The molecule has 146 valence electrons. The first kappa shape index (κ1) is 18.5. The number of amides is 1. The molecule has 2 heterocycles. The Hall–Kier alpha value is -2.86. The lowest BCUT2D eigenvalue weighted by atomic mass is 9.74. The summed E-state index contributed by atoms with van der Waals surface area (Å²) in [5.41, 5.74) is 1.91. The molecule has 0 bridgehead atoms. The number of halogens is 1. The molecule has 28 heavy (non-hydrogen) atoms. The summed E-state index contributed by atoms with van der Waals surface area (Å²) in [6.45, 7) is 1.62. The van der Waals surface area contributed by atoms with Crippen molar-refractivity contribution in [2.45, 2.75) is 18.3 Å². The van der Waals surface area contributed by atoms with E-state index >= 15 is 0 Å². The van der Waals surface area contributed by atoms with Gasteiger partial charge in [-0.1, -0.05) is 12.1 Å². The Morgan fingerprint density at radius 2 is 2.04 bits per heavy atom. The van der Waals surface area contributed by atoms with Crippen LogP contribution in [0.3, 0.4) is 0 Å². The molecule has 0 aliphatic carbocycles. The summed E-state index contributed by atoms with van der Waals surface area (Å²) in [5, 5.41) is 3.98. The van der Waals surface area contributed by atoms with Crippen LogP contribution in [0.5, 0.6) is 5.75 Å². The zero-order chi connectivity index (χ0) is 19.6. The molecule has 1 saturated heterocycles. The fraction of sp³-hybridized carbons (Fsp3) is 0.318. The molecule has 0 unspecified atom stereocenters. The van der Waals surface area contributed by atoms with E-state index in [1.807, 2.05) is 30.3 Å². The molecule has 0 atom stereocenters. The molecular formula is C22H23FN2O3. The van der Waals surface area contributed by atoms with Gasteiger partial charge in [0.15, 0.2) is 0 Å². The van der Waals surface area contributed by atoms with Gasteiger partial charge in [-0.15, -0.1) is 0 Å². The number of aromatic nitrogens is 1. The van der Waals surface area contributed by atoms with Crippen molar-refractivity contribution in [3.63, 3.8) is 0 Å². The number of hydrogen-bond acceptors (Lipinski definition) is 3. The van der Waals surface area contributed by atoms with E-state index in [1.165, 1.54) is 6.07 Å². The van der Waals surface area contributed by atoms with E-state index < -0.39 is 0 Å². The number of benzene rings is 2. The standard InChI is InChI=1S/C22H23FN2O3/c1-27-18-6-5-15-11-20(25-19(15)13-18)21(26)24-14-22(7-9-28-10-8-22)16-3-2-4-17(23)12-16/h2-6,11-13,25H,7-10,14H2,1H3,(H,24,26). The SMILES string of the molecule is COc1ccc2cc(C(=O)NCC3(c4cccc(F)c4)CCOCC3)[nH]c2c1. The number of ether oxygens (including phenoxy) is 2. The van der Waals surface area contributed by atoms with Crippen LogP contribution < -0.4 is 10.1 Å². The minimum absolute atomic E-state index is 0.183. The van der Waals surface area contributed by atoms with Crippen LogP contribution in [0.15, 0.2) is 48.5 Å². The number of fused-ring (bicyclic) bond motifs is 1. The van der Waals surface area contributed by atoms with E-state index in [-0.39, 0.29) is 17.1 Å². The van der Waals surface area contributed by atoms with Gasteiger partial charge in [-0.05, 0) is 48.7 Å². The van der Waals surface area contributed by atoms with Gasteiger partial charge in [0.05, 0.1) is 7.11 Å². The van der Waals surface area contributed by atoms with Crippen LogP contribution in [0.1, 0.15) is 28.9 Å². The molecule has 1 aliphatic rings. The van der Waals surface area contributed by atoms with Crippen molar-refractivity contribution < 1.29 is 18.7 Å². The summed E-state index contributed by atoms with van der Waals surface area (Å²) >= 11 is 0. The van der Waals surface area contributed by atoms with Crippen molar-refractivity contribution in [1.82, 2.24) is 10.3 Å². The monoisotopic (exact) mass is 382 g/mol. The lowest BCUT2D eigenvalue weighted by molar-refractivity contribution is 0.0486. The Labute approximate surface area is 162 Å². The Bertz CT molecular complexity index is 992. The maximum Gasteiger partial charge on any atom is 0.267 e. The third-order valence-electron chi connectivity index (χ3n) is 5.55.